The van der Waals surface area contributed by atoms with Crippen molar-refractivity contribution < 1.29 is 23.6 Å². The molecular formula is C27H32Cl2FN3O4. The zero-order valence-electron chi connectivity index (χ0n) is 20.9. The van der Waals surface area contributed by atoms with Gasteiger partial charge in [0.15, 0.2) is 12.6 Å². The lowest BCUT2D eigenvalue weighted by Crippen LogP contribution is -2.35. The lowest BCUT2D eigenvalue weighted by Gasteiger charge is -2.20. The van der Waals surface area contributed by atoms with Gasteiger partial charge in [0.1, 0.15) is 5.82 Å². The van der Waals surface area contributed by atoms with Gasteiger partial charge in [-0.05, 0) is 55.7 Å². The van der Waals surface area contributed by atoms with Crippen molar-refractivity contribution in [2.24, 2.45) is 0 Å². The Kier molecular flexibility index (Phi) is 12.5. The highest BCUT2D eigenvalue weighted by Gasteiger charge is 2.24. The quantitative estimate of drug-likeness (QED) is 0.496. The average Bonchev–Trinajstić information content (AvgIpc) is 3.51. The van der Waals surface area contributed by atoms with Crippen LogP contribution in [0.1, 0.15) is 66.7 Å². The van der Waals surface area contributed by atoms with E-state index in [1.165, 1.54) is 44.7 Å². The number of nitrogens with one attached hydrogen (secondary N) is 2. The summed E-state index contributed by atoms with van der Waals surface area (Å²) in [5.41, 5.74) is 1.50. The number of aldehydes is 2. The van der Waals surface area contributed by atoms with Crippen LogP contribution in [0.15, 0.2) is 36.4 Å². The van der Waals surface area contributed by atoms with E-state index < -0.39 is 5.82 Å². The van der Waals surface area contributed by atoms with Gasteiger partial charge in [-0.15, -0.1) is 0 Å². The molecular weight excluding hydrogens is 520 g/mol. The van der Waals surface area contributed by atoms with Gasteiger partial charge in [0.05, 0.1) is 5.56 Å². The molecule has 7 nitrogen and oxygen atoms in total. The molecule has 1 heterocycles. The van der Waals surface area contributed by atoms with Crippen LogP contribution in [0, 0.1) is 5.82 Å². The summed E-state index contributed by atoms with van der Waals surface area (Å²) in [4.78, 5) is 44.7. The first-order valence-electron chi connectivity index (χ1n) is 12.1. The van der Waals surface area contributed by atoms with Gasteiger partial charge in [-0.3, -0.25) is 19.2 Å². The Bertz CT molecular complexity index is 1090. The summed E-state index contributed by atoms with van der Waals surface area (Å²) in [7, 11) is 0. The molecule has 0 aromatic heterocycles. The van der Waals surface area contributed by atoms with Gasteiger partial charge in [-0.25, -0.2) is 4.39 Å². The van der Waals surface area contributed by atoms with Gasteiger partial charge in [0.25, 0.3) is 0 Å². The topological polar surface area (TPSA) is 95.6 Å². The van der Waals surface area contributed by atoms with E-state index in [0.717, 1.165) is 31.0 Å². The minimum atomic E-state index is -0.581. The van der Waals surface area contributed by atoms with Gasteiger partial charge in [-0.1, -0.05) is 36.0 Å². The molecule has 2 aromatic rings. The summed E-state index contributed by atoms with van der Waals surface area (Å²) in [6.45, 7) is 4.62. The summed E-state index contributed by atoms with van der Waals surface area (Å²) in [6, 6.07) is 9.75. The number of hydrogen-bond acceptors (Lipinski definition) is 5. The Balaban J connectivity index is 0.000000214. The average molecular weight is 552 g/mol. The second-order valence-corrected chi connectivity index (χ2v) is 9.79. The second-order valence-electron chi connectivity index (χ2n) is 8.92. The van der Waals surface area contributed by atoms with Crippen molar-refractivity contribution in [1.82, 2.24) is 10.6 Å². The fraction of sp³-hybridized carbons (Fsp3) is 0.407. The maximum absolute atomic E-state index is 12.5. The van der Waals surface area contributed by atoms with E-state index in [9.17, 15) is 23.6 Å². The number of carbonyl (C=O) groups excluding carboxylic acids is 4. The van der Waals surface area contributed by atoms with Crippen molar-refractivity contribution >= 4 is 53.3 Å². The Morgan fingerprint density at radius 1 is 0.865 bits per heavy atom. The first kappa shape index (κ1) is 30.3. The Morgan fingerprint density at radius 3 is 1.95 bits per heavy atom. The molecule has 2 aliphatic rings. The zero-order valence-corrected chi connectivity index (χ0v) is 22.4. The van der Waals surface area contributed by atoms with Crippen LogP contribution in [0.25, 0.3) is 0 Å². The highest BCUT2D eigenvalue weighted by molar-refractivity contribution is 6.31. The highest BCUT2D eigenvalue weighted by Crippen LogP contribution is 2.27. The predicted octanol–water partition coefficient (Wildman–Crippen LogP) is 5.22. The normalized spacial score (nSPS) is 16.6. The molecule has 2 N–H and O–H groups in total. The fourth-order valence-electron chi connectivity index (χ4n) is 4.23. The third-order valence-corrected chi connectivity index (χ3v) is 6.38. The van der Waals surface area contributed by atoms with Crippen molar-refractivity contribution in [3.8, 4) is 0 Å². The van der Waals surface area contributed by atoms with Crippen molar-refractivity contribution in [2.45, 2.75) is 58.0 Å². The molecule has 4 rings (SSSR count). The minimum Gasteiger partial charge on any atom is -0.369 e. The van der Waals surface area contributed by atoms with Crippen LogP contribution in [0.3, 0.4) is 0 Å². The molecule has 1 saturated heterocycles. The van der Waals surface area contributed by atoms with Crippen LogP contribution >= 0.6 is 23.2 Å². The van der Waals surface area contributed by atoms with Gasteiger partial charge in [-0.2, -0.15) is 0 Å². The fourth-order valence-corrected chi connectivity index (χ4v) is 4.55. The van der Waals surface area contributed by atoms with Crippen molar-refractivity contribution in [1.29, 1.82) is 0 Å². The van der Waals surface area contributed by atoms with Crippen LogP contribution < -0.4 is 15.5 Å². The monoisotopic (exact) mass is 551 g/mol. The third-order valence-electron chi connectivity index (χ3n) is 5.91. The van der Waals surface area contributed by atoms with E-state index in [4.69, 9.17) is 23.2 Å². The molecule has 2 amide bonds. The van der Waals surface area contributed by atoms with Gasteiger partial charge >= 0.3 is 0 Å². The predicted molar refractivity (Wildman–Crippen MR) is 144 cm³/mol. The largest absolute Gasteiger partial charge is 0.369 e. The molecule has 1 aliphatic heterocycles. The Morgan fingerprint density at radius 2 is 1.41 bits per heavy atom. The number of halogens is 3. The lowest BCUT2D eigenvalue weighted by atomic mass is 10.2. The zero-order chi connectivity index (χ0) is 27.4. The van der Waals surface area contributed by atoms with Crippen molar-refractivity contribution in [3.63, 3.8) is 0 Å². The van der Waals surface area contributed by atoms with Crippen LogP contribution in [0.4, 0.5) is 10.1 Å². The molecule has 1 aliphatic carbocycles. The van der Waals surface area contributed by atoms with Crippen molar-refractivity contribution in [2.75, 3.05) is 18.0 Å². The molecule has 1 unspecified atom stereocenters. The van der Waals surface area contributed by atoms with E-state index in [1.807, 2.05) is 0 Å². The summed E-state index contributed by atoms with van der Waals surface area (Å²) < 4.78 is 12.5. The smallest absolute Gasteiger partial charge is 0.217 e. The summed E-state index contributed by atoms with van der Waals surface area (Å²) >= 11 is 11.4. The van der Waals surface area contributed by atoms with E-state index in [2.05, 4.69) is 15.5 Å². The molecule has 0 spiro atoms. The van der Waals surface area contributed by atoms with Gasteiger partial charge < -0.3 is 15.5 Å². The standard InChI is InChI=1S/C13H15ClN2O2.C7H4ClFO.C7H13NO/c1-9(18)15-12-4-5-16(7-12)13-6-11(14)3-2-10(13)8-17;8-6-2-1-5(4-10)7(9)3-6;1-6(9)8-7-4-2-3-5-7/h2-3,6,8,12H,4-5,7H2,1H3,(H,15,18);1-4H;7H,2-5H2,1H3,(H,8,9). The minimum absolute atomic E-state index is 0.0245. The molecule has 0 bridgehead atoms. The first-order valence-corrected chi connectivity index (χ1v) is 12.8. The van der Waals surface area contributed by atoms with E-state index in [1.54, 1.807) is 25.1 Å². The number of benzene rings is 2. The molecule has 37 heavy (non-hydrogen) atoms. The summed E-state index contributed by atoms with van der Waals surface area (Å²) in [5.74, 6) is -0.493. The number of nitrogens with zero attached hydrogens (tertiary/aromatic N) is 1. The van der Waals surface area contributed by atoms with E-state index in [0.29, 0.717) is 34.5 Å². The third kappa shape index (κ3) is 10.5. The molecule has 1 saturated carbocycles. The first-order chi connectivity index (χ1) is 17.6. The molecule has 0 radical (unpaired) electrons. The number of anilines is 1. The number of rotatable bonds is 5. The number of hydrogen-bond donors (Lipinski definition) is 2. The van der Waals surface area contributed by atoms with Gasteiger partial charge in [0, 0.05) is 60.3 Å². The second kappa shape index (κ2) is 15.3. The number of carbonyl (C=O) groups is 4. The van der Waals surface area contributed by atoms with Crippen LogP contribution in [0.2, 0.25) is 10.0 Å². The Labute approximate surface area is 226 Å². The van der Waals surface area contributed by atoms with Crippen LogP contribution in [0.5, 0.6) is 0 Å². The molecule has 2 fully saturated rings. The SMILES string of the molecule is CC(=O)NC1CCCC1.CC(=O)NC1CCN(c2cc(Cl)ccc2C=O)C1.O=Cc1ccc(Cl)cc1F. The van der Waals surface area contributed by atoms with Gasteiger partial charge in [0.2, 0.25) is 11.8 Å². The number of amides is 2. The van der Waals surface area contributed by atoms with Crippen LogP contribution in [-0.4, -0.2) is 49.6 Å². The maximum Gasteiger partial charge on any atom is 0.217 e. The molecule has 200 valence electrons. The lowest BCUT2D eigenvalue weighted by molar-refractivity contribution is -0.120. The molecule has 2 aromatic carbocycles. The van der Waals surface area contributed by atoms with E-state index >= 15 is 0 Å². The summed E-state index contributed by atoms with van der Waals surface area (Å²) in [6.07, 6.45) is 7.09. The van der Waals surface area contributed by atoms with E-state index in [-0.39, 0.29) is 23.4 Å². The maximum atomic E-state index is 12.5. The molecule has 1 atom stereocenters. The highest BCUT2D eigenvalue weighted by atomic mass is 35.5. The Hall–Kier alpha value is -2.97. The molecule has 10 heteroatoms. The van der Waals surface area contributed by atoms with Crippen molar-refractivity contribution in [3.05, 3.63) is 63.4 Å². The summed E-state index contributed by atoms with van der Waals surface area (Å²) in [5, 5.41) is 6.70. The van der Waals surface area contributed by atoms with Crippen LogP contribution in [-0.2, 0) is 9.59 Å².